The van der Waals surface area contributed by atoms with Crippen LogP contribution in [0.4, 0.5) is 0 Å². The predicted octanol–water partition coefficient (Wildman–Crippen LogP) is 3.26. The Morgan fingerprint density at radius 2 is 1.92 bits per heavy atom. The molecule has 2 atom stereocenters. The van der Waals surface area contributed by atoms with E-state index in [0.717, 1.165) is 18.7 Å². The zero-order valence-corrected chi connectivity index (χ0v) is 15.0. The Balaban J connectivity index is 1.51. The van der Waals surface area contributed by atoms with Gasteiger partial charge < -0.3 is 9.32 Å². The highest BCUT2D eigenvalue weighted by Gasteiger charge is 2.25. The molecule has 1 aliphatic rings. The van der Waals surface area contributed by atoms with Gasteiger partial charge >= 0.3 is 0 Å². The van der Waals surface area contributed by atoms with Gasteiger partial charge in [-0.2, -0.15) is 0 Å². The normalized spacial score (nSPS) is 21.0. The number of nitrogens with zero attached hydrogens (tertiary/aromatic N) is 3. The van der Waals surface area contributed by atoms with Gasteiger partial charge in [0, 0.05) is 13.1 Å². The standard InChI is InChI=1S/C18H23N3O2S/c1-13-8-14(2)11-21(10-13)17(22)12-24-18-20-19-16(23-18)9-15-6-4-3-5-7-15/h3-7,13-14H,8-12H2,1-2H3/t13-,14-/m1/s1. The fraction of sp³-hybridized carbons (Fsp3) is 0.500. The number of amides is 1. The van der Waals surface area contributed by atoms with E-state index in [9.17, 15) is 4.79 Å². The van der Waals surface area contributed by atoms with Crippen LogP contribution in [0.15, 0.2) is 40.0 Å². The maximum atomic E-state index is 12.4. The van der Waals surface area contributed by atoms with Crippen LogP contribution in [0, 0.1) is 11.8 Å². The van der Waals surface area contributed by atoms with Crippen molar-refractivity contribution in [1.29, 1.82) is 0 Å². The summed E-state index contributed by atoms with van der Waals surface area (Å²) in [6.45, 7) is 6.12. The number of rotatable bonds is 5. The number of hydrogen-bond donors (Lipinski definition) is 0. The van der Waals surface area contributed by atoms with E-state index in [1.807, 2.05) is 35.2 Å². The Bertz CT molecular complexity index is 664. The average molecular weight is 345 g/mol. The first-order valence-electron chi connectivity index (χ1n) is 8.37. The molecule has 2 aromatic rings. The lowest BCUT2D eigenvalue weighted by molar-refractivity contribution is -0.130. The Morgan fingerprint density at radius 1 is 1.21 bits per heavy atom. The first-order valence-corrected chi connectivity index (χ1v) is 9.35. The molecule has 3 rings (SSSR count). The van der Waals surface area contributed by atoms with Crippen molar-refractivity contribution in [3.8, 4) is 0 Å². The minimum atomic E-state index is 0.154. The van der Waals surface area contributed by atoms with E-state index in [1.165, 1.54) is 18.2 Å². The van der Waals surface area contributed by atoms with Crippen molar-refractivity contribution in [2.75, 3.05) is 18.8 Å². The molecule has 0 unspecified atom stereocenters. The number of hydrogen-bond acceptors (Lipinski definition) is 5. The van der Waals surface area contributed by atoms with Gasteiger partial charge in [-0.25, -0.2) is 0 Å². The maximum absolute atomic E-state index is 12.4. The van der Waals surface area contributed by atoms with E-state index in [4.69, 9.17) is 4.42 Å². The number of thioether (sulfide) groups is 1. The molecule has 128 valence electrons. The van der Waals surface area contributed by atoms with Crippen molar-refractivity contribution in [2.24, 2.45) is 11.8 Å². The highest BCUT2D eigenvalue weighted by atomic mass is 32.2. The lowest BCUT2D eigenvalue weighted by Gasteiger charge is -2.34. The van der Waals surface area contributed by atoms with Crippen molar-refractivity contribution >= 4 is 17.7 Å². The second-order valence-electron chi connectivity index (χ2n) is 6.66. The van der Waals surface area contributed by atoms with Crippen LogP contribution in [0.5, 0.6) is 0 Å². The van der Waals surface area contributed by atoms with Crippen LogP contribution < -0.4 is 0 Å². The number of benzene rings is 1. The smallest absolute Gasteiger partial charge is 0.277 e. The number of carbonyl (C=O) groups is 1. The fourth-order valence-electron chi connectivity index (χ4n) is 3.22. The molecule has 0 bridgehead atoms. The average Bonchev–Trinajstić information content (AvgIpc) is 3.00. The molecule has 2 heterocycles. The summed E-state index contributed by atoms with van der Waals surface area (Å²) in [5.41, 5.74) is 1.13. The predicted molar refractivity (Wildman–Crippen MR) is 93.8 cm³/mol. The molecule has 0 aliphatic carbocycles. The van der Waals surface area contributed by atoms with Gasteiger partial charge in [-0.1, -0.05) is 55.9 Å². The molecule has 1 aromatic heterocycles. The van der Waals surface area contributed by atoms with Crippen molar-refractivity contribution in [1.82, 2.24) is 15.1 Å². The third-order valence-corrected chi connectivity index (χ3v) is 4.99. The van der Waals surface area contributed by atoms with Crippen molar-refractivity contribution < 1.29 is 9.21 Å². The minimum Gasteiger partial charge on any atom is -0.416 e. The van der Waals surface area contributed by atoms with E-state index in [-0.39, 0.29) is 5.91 Å². The molecule has 24 heavy (non-hydrogen) atoms. The highest BCUT2D eigenvalue weighted by molar-refractivity contribution is 7.99. The molecular formula is C18H23N3O2S. The summed E-state index contributed by atoms with van der Waals surface area (Å²) >= 11 is 1.32. The van der Waals surface area contributed by atoms with Crippen molar-refractivity contribution in [3.63, 3.8) is 0 Å². The van der Waals surface area contributed by atoms with Gasteiger partial charge in [-0.3, -0.25) is 4.79 Å². The zero-order valence-electron chi connectivity index (χ0n) is 14.1. The minimum absolute atomic E-state index is 0.154. The number of likely N-dealkylation sites (tertiary alicyclic amines) is 1. The first kappa shape index (κ1) is 17.0. The summed E-state index contributed by atoms with van der Waals surface area (Å²) in [7, 11) is 0. The quantitative estimate of drug-likeness (QED) is 0.779. The molecule has 1 fully saturated rings. The van der Waals surface area contributed by atoms with E-state index < -0.39 is 0 Å². The molecule has 0 saturated carbocycles. The molecule has 6 heteroatoms. The zero-order chi connectivity index (χ0) is 16.9. The van der Waals surface area contributed by atoms with Gasteiger partial charge in [-0.15, -0.1) is 10.2 Å². The number of piperidine rings is 1. The molecule has 0 radical (unpaired) electrons. The second-order valence-corrected chi connectivity index (χ2v) is 7.58. The van der Waals surface area contributed by atoms with Crippen LogP contribution in [0.3, 0.4) is 0 Å². The molecule has 0 spiro atoms. The Morgan fingerprint density at radius 3 is 2.62 bits per heavy atom. The van der Waals surface area contributed by atoms with Crippen LogP contribution in [0.25, 0.3) is 0 Å². The maximum Gasteiger partial charge on any atom is 0.277 e. The molecule has 0 N–H and O–H groups in total. The van der Waals surface area contributed by atoms with Crippen LogP contribution in [0.2, 0.25) is 0 Å². The van der Waals surface area contributed by atoms with Gasteiger partial charge in [0.25, 0.3) is 5.22 Å². The van der Waals surface area contributed by atoms with Crippen molar-refractivity contribution in [2.45, 2.75) is 31.9 Å². The summed E-state index contributed by atoms with van der Waals surface area (Å²) in [4.78, 5) is 14.3. The van der Waals surface area contributed by atoms with Gasteiger partial charge in [0.2, 0.25) is 11.8 Å². The summed E-state index contributed by atoms with van der Waals surface area (Å²) in [5.74, 6) is 2.23. The van der Waals surface area contributed by atoms with Gasteiger partial charge in [0.05, 0.1) is 12.2 Å². The third kappa shape index (κ3) is 4.60. The number of aromatic nitrogens is 2. The topological polar surface area (TPSA) is 59.2 Å². The largest absolute Gasteiger partial charge is 0.416 e. The van der Waals surface area contributed by atoms with Gasteiger partial charge in [0.1, 0.15) is 0 Å². The molecule has 5 nitrogen and oxygen atoms in total. The van der Waals surface area contributed by atoms with E-state index in [0.29, 0.717) is 35.1 Å². The molecule has 1 aliphatic heterocycles. The van der Waals surface area contributed by atoms with Crippen LogP contribution >= 0.6 is 11.8 Å². The van der Waals surface area contributed by atoms with Gasteiger partial charge in [-0.05, 0) is 23.8 Å². The Hall–Kier alpha value is -1.82. The van der Waals surface area contributed by atoms with Crippen LogP contribution in [-0.4, -0.2) is 39.8 Å². The summed E-state index contributed by atoms with van der Waals surface area (Å²) in [5, 5.41) is 8.56. The van der Waals surface area contributed by atoms with Crippen LogP contribution in [0.1, 0.15) is 31.7 Å². The van der Waals surface area contributed by atoms with Crippen LogP contribution in [-0.2, 0) is 11.2 Å². The fourth-order valence-corrected chi connectivity index (χ4v) is 3.90. The van der Waals surface area contributed by atoms with Gasteiger partial charge in [0.15, 0.2) is 0 Å². The van der Waals surface area contributed by atoms with E-state index in [2.05, 4.69) is 24.0 Å². The molecule has 1 amide bonds. The summed E-state index contributed by atoms with van der Waals surface area (Å²) < 4.78 is 5.64. The first-order chi connectivity index (χ1) is 11.6. The molecule has 1 aromatic carbocycles. The molecule has 1 saturated heterocycles. The lowest BCUT2D eigenvalue weighted by atomic mass is 9.92. The SMILES string of the molecule is C[C@@H]1C[C@@H](C)CN(C(=O)CSc2nnc(Cc3ccccc3)o2)C1. The van der Waals surface area contributed by atoms with E-state index in [1.54, 1.807) is 0 Å². The van der Waals surface area contributed by atoms with Crippen molar-refractivity contribution in [3.05, 3.63) is 41.8 Å². The Kier molecular flexibility index (Phi) is 5.56. The molecular weight excluding hydrogens is 322 g/mol. The van der Waals surface area contributed by atoms with E-state index >= 15 is 0 Å². The lowest BCUT2D eigenvalue weighted by Crippen LogP contribution is -2.43. The summed E-state index contributed by atoms with van der Waals surface area (Å²) in [6, 6.07) is 10.0. The number of carbonyl (C=O) groups excluding carboxylic acids is 1. The second kappa shape index (κ2) is 7.83. The third-order valence-electron chi connectivity index (χ3n) is 4.19. The monoisotopic (exact) mass is 345 g/mol. The highest BCUT2D eigenvalue weighted by Crippen LogP contribution is 2.23. The summed E-state index contributed by atoms with van der Waals surface area (Å²) in [6.07, 6.45) is 1.81. The Labute approximate surface area is 146 Å².